The standard InChI is InChI=1S/C13H13Cl2NO3/c1-19-12(17)6-16-13(18)11-5-10(11)7-2-8(14)4-9(15)3-7/h2-4,10-11H,5-6H2,1H3,(H,16,18)/t10-,11-/m0/s1. The lowest BCUT2D eigenvalue weighted by molar-refractivity contribution is -0.141. The Balaban J connectivity index is 1.93. The van der Waals surface area contributed by atoms with Gasteiger partial charge in [0.1, 0.15) is 6.54 Å². The molecule has 0 saturated heterocycles. The number of benzene rings is 1. The Morgan fingerprint density at radius 1 is 1.32 bits per heavy atom. The summed E-state index contributed by atoms with van der Waals surface area (Å²) in [4.78, 5) is 22.7. The second-order valence-electron chi connectivity index (χ2n) is 4.45. The molecule has 19 heavy (non-hydrogen) atoms. The SMILES string of the molecule is COC(=O)CNC(=O)[C@H]1C[C@H]1c1cc(Cl)cc(Cl)c1. The van der Waals surface area contributed by atoms with Crippen molar-refractivity contribution in [1.82, 2.24) is 5.32 Å². The molecule has 2 rings (SSSR count). The zero-order valence-electron chi connectivity index (χ0n) is 10.3. The van der Waals surface area contributed by atoms with Crippen molar-refractivity contribution in [3.63, 3.8) is 0 Å². The molecule has 1 aliphatic carbocycles. The van der Waals surface area contributed by atoms with Crippen LogP contribution in [0.1, 0.15) is 17.9 Å². The number of nitrogens with one attached hydrogen (secondary N) is 1. The first kappa shape index (κ1) is 14.2. The van der Waals surface area contributed by atoms with Crippen molar-refractivity contribution in [2.45, 2.75) is 12.3 Å². The van der Waals surface area contributed by atoms with Crippen LogP contribution in [0.5, 0.6) is 0 Å². The Kier molecular flexibility index (Phi) is 4.32. The molecule has 0 aliphatic heterocycles. The number of hydrogen-bond acceptors (Lipinski definition) is 3. The quantitative estimate of drug-likeness (QED) is 0.869. The van der Waals surface area contributed by atoms with Crippen LogP contribution in [-0.4, -0.2) is 25.5 Å². The van der Waals surface area contributed by atoms with E-state index in [2.05, 4.69) is 10.1 Å². The monoisotopic (exact) mass is 301 g/mol. The zero-order valence-corrected chi connectivity index (χ0v) is 11.8. The van der Waals surface area contributed by atoms with E-state index in [0.29, 0.717) is 10.0 Å². The third kappa shape index (κ3) is 3.61. The van der Waals surface area contributed by atoms with Gasteiger partial charge in [-0.05, 0) is 36.1 Å². The van der Waals surface area contributed by atoms with Crippen LogP contribution in [0.3, 0.4) is 0 Å². The van der Waals surface area contributed by atoms with Gasteiger partial charge in [0, 0.05) is 16.0 Å². The number of ether oxygens (including phenoxy) is 1. The van der Waals surface area contributed by atoms with Gasteiger partial charge in [-0.3, -0.25) is 9.59 Å². The third-order valence-corrected chi connectivity index (χ3v) is 3.51. The van der Waals surface area contributed by atoms with E-state index in [1.807, 2.05) is 12.1 Å². The predicted molar refractivity (Wildman–Crippen MR) is 72.3 cm³/mol. The molecule has 0 spiro atoms. The van der Waals surface area contributed by atoms with Crippen molar-refractivity contribution in [2.24, 2.45) is 5.92 Å². The molecular formula is C13H13Cl2NO3. The lowest BCUT2D eigenvalue weighted by Gasteiger charge is -2.04. The molecular weight excluding hydrogens is 289 g/mol. The van der Waals surface area contributed by atoms with Gasteiger partial charge < -0.3 is 10.1 Å². The van der Waals surface area contributed by atoms with Gasteiger partial charge in [-0.25, -0.2) is 0 Å². The van der Waals surface area contributed by atoms with Gasteiger partial charge in [-0.2, -0.15) is 0 Å². The van der Waals surface area contributed by atoms with Crippen molar-refractivity contribution in [1.29, 1.82) is 0 Å². The normalized spacial score (nSPS) is 20.8. The summed E-state index contributed by atoms with van der Waals surface area (Å²) in [5.41, 5.74) is 0.954. The van der Waals surface area contributed by atoms with E-state index in [1.54, 1.807) is 6.07 Å². The Bertz CT molecular complexity index is 498. The highest BCUT2D eigenvalue weighted by molar-refractivity contribution is 6.34. The maximum atomic E-state index is 11.8. The second kappa shape index (κ2) is 5.80. The predicted octanol–water partition coefficient (Wildman–Crippen LogP) is 2.39. The molecule has 0 bridgehead atoms. The summed E-state index contributed by atoms with van der Waals surface area (Å²) in [6.07, 6.45) is 0.740. The Labute approximate surface area is 121 Å². The molecule has 1 amide bonds. The molecule has 0 heterocycles. The highest BCUT2D eigenvalue weighted by Crippen LogP contribution is 2.48. The Morgan fingerprint density at radius 2 is 1.95 bits per heavy atom. The average molecular weight is 302 g/mol. The Hall–Kier alpha value is -1.26. The van der Waals surface area contributed by atoms with Crippen LogP contribution >= 0.6 is 23.2 Å². The lowest BCUT2D eigenvalue weighted by Crippen LogP contribution is -2.31. The summed E-state index contributed by atoms with van der Waals surface area (Å²) >= 11 is 11.8. The van der Waals surface area contributed by atoms with Gasteiger partial charge in [0.05, 0.1) is 7.11 Å². The summed E-state index contributed by atoms with van der Waals surface area (Å²) in [7, 11) is 1.28. The fourth-order valence-corrected chi connectivity index (χ4v) is 2.55. The maximum absolute atomic E-state index is 11.8. The molecule has 1 aromatic rings. The molecule has 6 heteroatoms. The summed E-state index contributed by atoms with van der Waals surface area (Å²) in [5, 5.41) is 3.66. The van der Waals surface area contributed by atoms with Gasteiger partial charge in [0.25, 0.3) is 0 Å². The van der Waals surface area contributed by atoms with Crippen LogP contribution in [0.2, 0.25) is 10.0 Å². The van der Waals surface area contributed by atoms with E-state index in [1.165, 1.54) is 7.11 Å². The minimum Gasteiger partial charge on any atom is -0.468 e. The van der Waals surface area contributed by atoms with Gasteiger partial charge in [0.15, 0.2) is 0 Å². The molecule has 102 valence electrons. The van der Waals surface area contributed by atoms with Crippen molar-refractivity contribution in [2.75, 3.05) is 13.7 Å². The first-order valence-electron chi connectivity index (χ1n) is 5.81. The number of rotatable bonds is 4. The smallest absolute Gasteiger partial charge is 0.325 e. The van der Waals surface area contributed by atoms with Crippen molar-refractivity contribution >= 4 is 35.1 Å². The highest BCUT2D eigenvalue weighted by atomic mass is 35.5. The van der Waals surface area contributed by atoms with E-state index in [0.717, 1.165) is 12.0 Å². The number of esters is 1. The summed E-state index contributed by atoms with van der Waals surface area (Å²) in [6, 6.07) is 5.28. The molecule has 1 N–H and O–H groups in total. The first-order valence-corrected chi connectivity index (χ1v) is 6.57. The molecule has 1 saturated carbocycles. The van der Waals surface area contributed by atoms with E-state index in [9.17, 15) is 9.59 Å². The van der Waals surface area contributed by atoms with Crippen molar-refractivity contribution < 1.29 is 14.3 Å². The molecule has 2 atom stereocenters. The molecule has 4 nitrogen and oxygen atoms in total. The summed E-state index contributed by atoms with van der Waals surface area (Å²) in [5.74, 6) is -0.615. The molecule has 0 aromatic heterocycles. The third-order valence-electron chi connectivity index (χ3n) is 3.07. The zero-order chi connectivity index (χ0) is 14.0. The topological polar surface area (TPSA) is 55.4 Å². The minimum atomic E-state index is -0.462. The average Bonchev–Trinajstić information content (AvgIpc) is 3.14. The van der Waals surface area contributed by atoms with Crippen LogP contribution < -0.4 is 5.32 Å². The van der Waals surface area contributed by atoms with Crippen LogP contribution in [0.4, 0.5) is 0 Å². The van der Waals surface area contributed by atoms with Crippen molar-refractivity contribution in [3.05, 3.63) is 33.8 Å². The maximum Gasteiger partial charge on any atom is 0.325 e. The molecule has 0 radical (unpaired) electrons. The molecule has 1 fully saturated rings. The van der Waals surface area contributed by atoms with Crippen LogP contribution in [0.25, 0.3) is 0 Å². The second-order valence-corrected chi connectivity index (χ2v) is 5.32. The van der Waals surface area contributed by atoms with Crippen LogP contribution in [0.15, 0.2) is 18.2 Å². The number of halogens is 2. The molecule has 0 unspecified atom stereocenters. The van der Waals surface area contributed by atoms with Crippen LogP contribution in [0, 0.1) is 5.92 Å². The molecule has 1 aliphatic rings. The van der Waals surface area contributed by atoms with Gasteiger partial charge in [0.2, 0.25) is 5.91 Å². The van der Waals surface area contributed by atoms with E-state index >= 15 is 0 Å². The van der Waals surface area contributed by atoms with Crippen molar-refractivity contribution in [3.8, 4) is 0 Å². The highest BCUT2D eigenvalue weighted by Gasteiger charge is 2.44. The number of methoxy groups -OCH3 is 1. The fraction of sp³-hybridized carbons (Fsp3) is 0.385. The van der Waals surface area contributed by atoms with Gasteiger partial charge in [-0.1, -0.05) is 23.2 Å². The van der Waals surface area contributed by atoms with E-state index in [4.69, 9.17) is 23.2 Å². The van der Waals surface area contributed by atoms with E-state index < -0.39 is 5.97 Å². The fourth-order valence-electron chi connectivity index (χ4n) is 2.00. The number of amides is 1. The Morgan fingerprint density at radius 3 is 2.53 bits per heavy atom. The van der Waals surface area contributed by atoms with Gasteiger partial charge in [-0.15, -0.1) is 0 Å². The number of carbonyl (C=O) groups excluding carboxylic acids is 2. The largest absolute Gasteiger partial charge is 0.468 e. The van der Waals surface area contributed by atoms with Gasteiger partial charge >= 0.3 is 5.97 Å². The lowest BCUT2D eigenvalue weighted by atomic mass is 10.1. The molecule has 1 aromatic carbocycles. The van der Waals surface area contributed by atoms with E-state index in [-0.39, 0.29) is 24.3 Å². The number of carbonyl (C=O) groups is 2. The summed E-state index contributed by atoms with van der Waals surface area (Å²) < 4.78 is 4.46. The minimum absolute atomic E-state index is 0.102. The van der Waals surface area contributed by atoms with Crippen LogP contribution in [-0.2, 0) is 14.3 Å². The number of hydrogen-bond donors (Lipinski definition) is 1. The summed E-state index contributed by atoms with van der Waals surface area (Å²) in [6.45, 7) is -0.102. The first-order chi connectivity index (χ1) is 9.01.